The van der Waals surface area contributed by atoms with Crippen LogP contribution in [0.1, 0.15) is 30.8 Å². The molecule has 0 aliphatic heterocycles. The lowest BCUT2D eigenvalue weighted by atomic mass is 9.81. The van der Waals surface area contributed by atoms with Crippen LogP contribution in [0.2, 0.25) is 0 Å². The number of fused-ring (bicyclic) bond motifs is 4. The van der Waals surface area contributed by atoms with Gasteiger partial charge >= 0.3 is 0 Å². The molecule has 0 saturated carbocycles. The van der Waals surface area contributed by atoms with Crippen LogP contribution in [0.15, 0.2) is 189 Å². The Balaban J connectivity index is 0.991. The van der Waals surface area contributed by atoms with Gasteiger partial charge in [0.2, 0.25) is 0 Å². The van der Waals surface area contributed by atoms with E-state index in [1.165, 1.54) is 55.3 Å². The van der Waals surface area contributed by atoms with E-state index >= 15 is 0 Å². The van der Waals surface area contributed by atoms with E-state index in [1.54, 1.807) is 12.2 Å². The first-order chi connectivity index (χ1) is 26.9. The van der Waals surface area contributed by atoms with Crippen LogP contribution in [0.4, 0.5) is 0 Å². The number of nitrogens with zero attached hydrogens (tertiary/aromatic N) is 3. The van der Waals surface area contributed by atoms with Crippen LogP contribution in [0.3, 0.4) is 0 Å². The standard InChI is InChI=1S/C52H39N3/c1-5-12-34(6-2)49-53-50(39-13-8-7-9-14-39)55-51(54-49)40-25-21-36(22-26-40)42-28-24-38-23-27-41(31-44(38)32-42)35-17-19-37(20-18-35)43-29-30-46-45-15-10-11-16-47(45)52(3,4)48(46)33-43/h5-33H,1-2H2,3-4H3/b34-12+. The number of rotatable bonds is 8. The summed E-state index contributed by atoms with van der Waals surface area (Å²) < 4.78 is 0. The zero-order valence-corrected chi connectivity index (χ0v) is 31.0. The van der Waals surface area contributed by atoms with Gasteiger partial charge in [0.15, 0.2) is 17.5 Å². The molecule has 1 aliphatic carbocycles. The first kappa shape index (κ1) is 33.8. The van der Waals surface area contributed by atoms with Crippen LogP contribution in [0, 0.1) is 0 Å². The van der Waals surface area contributed by atoms with E-state index in [-0.39, 0.29) is 5.41 Å². The molecular formula is C52H39N3. The van der Waals surface area contributed by atoms with Gasteiger partial charge in [-0.3, -0.25) is 0 Å². The Morgan fingerprint density at radius 3 is 1.55 bits per heavy atom. The van der Waals surface area contributed by atoms with Gasteiger partial charge in [0.05, 0.1) is 0 Å². The van der Waals surface area contributed by atoms with Crippen molar-refractivity contribution in [3.8, 4) is 67.3 Å². The van der Waals surface area contributed by atoms with Gasteiger partial charge in [-0.1, -0.05) is 185 Å². The monoisotopic (exact) mass is 705 g/mol. The molecule has 0 amide bonds. The minimum atomic E-state index is -0.0164. The number of hydrogen-bond donors (Lipinski definition) is 0. The van der Waals surface area contributed by atoms with Crippen molar-refractivity contribution in [2.75, 3.05) is 0 Å². The lowest BCUT2D eigenvalue weighted by molar-refractivity contribution is 0.660. The minimum Gasteiger partial charge on any atom is -0.208 e. The summed E-state index contributed by atoms with van der Waals surface area (Å²) in [7, 11) is 0. The number of aromatic nitrogens is 3. The van der Waals surface area contributed by atoms with Gasteiger partial charge in [0.25, 0.3) is 0 Å². The maximum atomic E-state index is 4.87. The second-order valence-corrected chi connectivity index (χ2v) is 14.6. The third-order valence-corrected chi connectivity index (χ3v) is 10.9. The fraction of sp³-hybridized carbons (Fsp3) is 0.0577. The van der Waals surface area contributed by atoms with E-state index in [0.717, 1.165) is 27.8 Å². The second kappa shape index (κ2) is 13.8. The Bertz CT molecular complexity index is 2790. The maximum absolute atomic E-state index is 4.87. The van der Waals surface area contributed by atoms with Crippen molar-refractivity contribution in [3.63, 3.8) is 0 Å². The van der Waals surface area contributed by atoms with Gasteiger partial charge in [-0.05, 0) is 84.6 Å². The van der Waals surface area contributed by atoms with E-state index in [9.17, 15) is 0 Å². The third-order valence-electron chi connectivity index (χ3n) is 10.9. The number of hydrogen-bond acceptors (Lipinski definition) is 3. The molecule has 3 heteroatoms. The molecule has 0 N–H and O–H groups in total. The highest BCUT2D eigenvalue weighted by molar-refractivity contribution is 5.91. The highest BCUT2D eigenvalue weighted by Crippen LogP contribution is 2.49. The van der Waals surface area contributed by atoms with Crippen molar-refractivity contribution in [1.29, 1.82) is 0 Å². The summed E-state index contributed by atoms with van der Waals surface area (Å²) in [5.74, 6) is 1.77. The van der Waals surface area contributed by atoms with Gasteiger partial charge in [0, 0.05) is 22.1 Å². The Kier molecular flexibility index (Phi) is 8.48. The van der Waals surface area contributed by atoms with Crippen molar-refractivity contribution < 1.29 is 0 Å². The van der Waals surface area contributed by atoms with Gasteiger partial charge < -0.3 is 0 Å². The number of benzene rings is 7. The zero-order valence-electron chi connectivity index (χ0n) is 31.0. The van der Waals surface area contributed by atoms with Crippen LogP contribution in [-0.4, -0.2) is 15.0 Å². The second-order valence-electron chi connectivity index (χ2n) is 14.6. The molecule has 1 heterocycles. The molecule has 1 aliphatic rings. The van der Waals surface area contributed by atoms with Crippen molar-refractivity contribution in [2.45, 2.75) is 19.3 Å². The zero-order chi connectivity index (χ0) is 37.5. The molecule has 3 nitrogen and oxygen atoms in total. The lowest BCUT2D eigenvalue weighted by Crippen LogP contribution is -2.14. The van der Waals surface area contributed by atoms with Crippen LogP contribution in [-0.2, 0) is 5.41 Å². The molecule has 0 fully saturated rings. The van der Waals surface area contributed by atoms with E-state index in [2.05, 4.69) is 154 Å². The van der Waals surface area contributed by atoms with Crippen molar-refractivity contribution in [2.24, 2.45) is 0 Å². The molecule has 0 spiro atoms. The smallest absolute Gasteiger partial charge is 0.164 e. The Morgan fingerprint density at radius 2 is 0.945 bits per heavy atom. The summed E-state index contributed by atoms with van der Waals surface area (Å²) in [5.41, 5.74) is 15.2. The quantitative estimate of drug-likeness (QED) is 0.148. The molecule has 0 radical (unpaired) electrons. The molecule has 9 rings (SSSR count). The maximum Gasteiger partial charge on any atom is 0.164 e. The summed E-state index contributed by atoms with van der Waals surface area (Å²) in [6.45, 7) is 12.5. The molecule has 55 heavy (non-hydrogen) atoms. The highest BCUT2D eigenvalue weighted by Gasteiger charge is 2.35. The van der Waals surface area contributed by atoms with E-state index in [4.69, 9.17) is 15.0 Å². The van der Waals surface area contributed by atoms with Crippen LogP contribution >= 0.6 is 0 Å². The largest absolute Gasteiger partial charge is 0.208 e. The van der Waals surface area contributed by atoms with E-state index < -0.39 is 0 Å². The molecule has 0 atom stereocenters. The normalized spacial score (nSPS) is 12.9. The molecule has 0 bridgehead atoms. The first-order valence-corrected chi connectivity index (χ1v) is 18.7. The molecule has 8 aromatic rings. The lowest BCUT2D eigenvalue weighted by Gasteiger charge is -2.22. The van der Waals surface area contributed by atoms with E-state index in [0.29, 0.717) is 17.5 Å². The number of allylic oxidation sites excluding steroid dienone is 4. The van der Waals surface area contributed by atoms with Gasteiger partial charge in [-0.25, -0.2) is 15.0 Å². The SMILES string of the molecule is C=C/C=C(\C=C)c1nc(-c2ccccc2)nc(-c2ccc(-c3ccc4ccc(-c5ccc(-c6ccc7c(c6)C(C)(C)c6ccccc6-7)cc5)cc4c3)cc2)n1. The third kappa shape index (κ3) is 6.20. The summed E-state index contributed by atoms with van der Waals surface area (Å²) in [6, 6.07) is 56.5. The topological polar surface area (TPSA) is 38.7 Å². The average Bonchev–Trinajstić information content (AvgIpc) is 3.48. The van der Waals surface area contributed by atoms with Gasteiger partial charge in [-0.15, -0.1) is 0 Å². The Hall–Kier alpha value is -6.97. The van der Waals surface area contributed by atoms with Crippen LogP contribution in [0.25, 0.3) is 83.6 Å². The van der Waals surface area contributed by atoms with Crippen LogP contribution in [0.5, 0.6) is 0 Å². The molecular weight excluding hydrogens is 667 g/mol. The van der Waals surface area contributed by atoms with Crippen molar-refractivity contribution in [1.82, 2.24) is 15.0 Å². The first-order valence-electron chi connectivity index (χ1n) is 18.7. The summed E-state index contributed by atoms with van der Waals surface area (Å²) in [4.78, 5) is 14.5. The molecule has 1 aromatic heterocycles. The summed E-state index contributed by atoms with van der Waals surface area (Å²) >= 11 is 0. The Labute approximate surface area is 322 Å². The van der Waals surface area contributed by atoms with E-state index in [1.807, 2.05) is 36.4 Å². The highest BCUT2D eigenvalue weighted by atomic mass is 15.0. The summed E-state index contributed by atoms with van der Waals surface area (Å²) in [6.07, 6.45) is 5.32. The predicted molar refractivity (Wildman–Crippen MR) is 230 cm³/mol. The minimum absolute atomic E-state index is 0.0164. The van der Waals surface area contributed by atoms with Crippen LogP contribution < -0.4 is 0 Å². The fourth-order valence-corrected chi connectivity index (χ4v) is 7.87. The fourth-order valence-electron chi connectivity index (χ4n) is 7.87. The molecule has 262 valence electrons. The van der Waals surface area contributed by atoms with Crippen molar-refractivity contribution in [3.05, 3.63) is 206 Å². The van der Waals surface area contributed by atoms with Gasteiger partial charge in [-0.2, -0.15) is 0 Å². The molecule has 7 aromatic carbocycles. The Morgan fingerprint density at radius 1 is 0.455 bits per heavy atom. The summed E-state index contributed by atoms with van der Waals surface area (Å²) in [5, 5.41) is 2.41. The predicted octanol–water partition coefficient (Wildman–Crippen LogP) is 13.4. The average molecular weight is 706 g/mol. The molecule has 0 unspecified atom stereocenters. The van der Waals surface area contributed by atoms with Crippen molar-refractivity contribution >= 4 is 16.3 Å². The molecule has 0 saturated heterocycles. The van der Waals surface area contributed by atoms with Gasteiger partial charge in [0.1, 0.15) is 0 Å².